The van der Waals surface area contributed by atoms with Crippen molar-refractivity contribution in [1.29, 1.82) is 0 Å². The first-order valence-corrected chi connectivity index (χ1v) is 8.31. The van der Waals surface area contributed by atoms with Gasteiger partial charge in [-0.2, -0.15) is 0 Å². The molecule has 2 rings (SSSR count). The molecule has 1 unspecified atom stereocenters. The Hall–Kier alpha value is -1.75. The minimum Gasteiger partial charge on any atom is -0.490 e. The highest BCUT2D eigenvalue weighted by Crippen LogP contribution is 2.23. The van der Waals surface area contributed by atoms with Gasteiger partial charge in [-0.15, -0.1) is 0 Å². The summed E-state index contributed by atoms with van der Waals surface area (Å²) in [5.41, 5.74) is 0.193. The van der Waals surface area contributed by atoms with Gasteiger partial charge >= 0.3 is 6.09 Å². The fourth-order valence-electron chi connectivity index (χ4n) is 2.66. The van der Waals surface area contributed by atoms with Gasteiger partial charge in [0.1, 0.15) is 11.4 Å². The Kier molecular flexibility index (Phi) is 5.88. The van der Waals surface area contributed by atoms with Crippen molar-refractivity contribution in [2.24, 2.45) is 5.92 Å². The van der Waals surface area contributed by atoms with Gasteiger partial charge in [0.2, 0.25) is 0 Å². The quantitative estimate of drug-likeness (QED) is 0.886. The third-order valence-corrected chi connectivity index (χ3v) is 3.87. The van der Waals surface area contributed by atoms with E-state index < -0.39 is 11.7 Å². The number of carbonyl (C=O) groups is 1. The van der Waals surface area contributed by atoms with E-state index in [4.69, 9.17) is 9.47 Å². The van der Waals surface area contributed by atoms with Crippen LogP contribution in [0, 0.1) is 5.92 Å². The van der Waals surface area contributed by atoms with Crippen LogP contribution >= 0.6 is 0 Å². The largest absolute Gasteiger partial charge is 0.490 e. The molecule has 0 aromatic heterocycles. The predicted molar refractivity (Wildman–Crippen MR) is 92.0 cm³/mol. The topological polar surface area (TPSA) is 59.6 Å². The normalized spacial score (nSPS) is 17.4. The van der Waals surface area contributed by atoms with Crippen LogP contribution in [0.4, 0.5) is 10.5 Å². The van der Waals surface area contributed by atoms with Crippen LogP contribution in [-0.4, -0.2) is 30.9 Å². The summed E-state index contributed by atoms with van der Waals surface area (Å²) in [6.07, 6.45) is 2.05. The molecule has 1 saturated heterocycles. The molecular weight excluding hydrogens is 292 g/mol. The maximum atomic E-state index is 11.7. The molecule has 1 aromatic rings. The van der Waals surface area contributed by atoms with Gasteiger partial charge in [0.05, 0.1) is 6.10 Å². The number of piperidine rings is 1. The monoisotopic (exact) mass is 320 g/mol. The smallest absolute Gasteiger partial charge is 0.412 e. The van der Waals surface area contributed by atoms with Crippen LogP contribution in [0.2, 0.25) is 0 Å². The summed E-state index contributed by atoms with van der Waals surface area (Å²) < 4.78 is 11.3. The zero-order valence-corrected chi connectivity index (χ0v) is 14.5. The lowest BCUT2D eigenvalue weighted by Crippen LogP contribution is -2.35. The first-order chi connectivity index (χ1) is 10.8. The molecule has 0 radical (unpaired) electrons. The highest BCUT2D eigenvalue weighted by Gasteiger charge is 2.21. The first kappa shape index (κ1) is 17.6. The van der Waals surface area contributed by atoms with E-state index in [1.54, 1.807) is 0 Å². The number of ether oxygens (including phenoxy) is 2. The molecule has 0 bridgehead atoms. The average molecular weight is 320 g/mol. The minimum atomic E-state index is -0.503. The van der Waals surface area contributed by atoms with Crippen molar-refractivity contribution < 1.29 is 14.3 Å². The number of carbonyl (C=O) groups excluding carboxylic acids is 1. The second-order valence-electron chi connectivity index (χ2n) is 7.06. The maximum absolute atomic E-state index is 11.7. The van der Waals surface area contributed by atoms with E-state index in [-0.39, 0.29) is 6.10 Å². The molecule has 128 valence electrons. The summed E-state index contributed by atoms with van der Waals surface area (Å²) in [5, 5.41) is 6.08. The van der Waals surface area contributed by atoms with Crippen molar-refractivity contribution >= 4 is 11.8 Å². The molecule has 1 fully saturated rings. The fourth-order valence-corrected chi connectivity index (χ4v) is 2.66. The van der Waals surface area contributed by atoms with E-state index in [2.05, 4.69) is 17.6 Å². The van der Waals surface area contributed by atoms with E-state index in [0.717, 1.165) is 31.7 Å². The third kappa shape index (κ3) is 6.10. The van der Waals surface area contributed by atoms with Crippen molar-refractivity contribution in [2.45, 2.75) is 52.2 Å². The Morgan fingerprint density at radius 2 is 1.83 bits per heavy atom. The number of amides is 1. The van der Waals surface area contributed by atoms with Crippen LogP contribution in [0.1, 0.15) is 40.5 Å². The lowest BCUT2D eigenvalue weighted by atomic mass is 9.93. The molecule has 1 aromatic carbocycles. The Bertz CT molecular complexity index is 502. The first-order valence-electron chi connectivity index (χ1n) is 8.31. The maximum Gasteiger partial charge on any atom is 0.412 e. The third-order valence-electron chi connectivity index (χ3n) is 3.87. The van der Waals surface area contributed by atoms with E-state index in [1.165, 1.54) is 0 Å². The lowest BCUT2D eigenvalue weighted by molar-refractivity contribution is 0.0636. The van der Waals surface area contributed by atoms with E-state index in [0.29, 0.717) is 11.6 Å². The van der Waals surface area contributed by atoms with Gasteiger partial charge in [-0.05, 0) is 83.8 Å². The van der Waals surface area contributed by atoms with E-state index in [1.807, 2.05) is 45.0 Å². The van der Waals surface area contributed by atoms with E-state index in [9.17, 15) is 4.79 Å². The zero-order chi connectivity index (χ0) is 16.9. The van der Waals surface area contributed by atoms with Crippen LogP contribution in [0.15, 0.2) is 24.3 Å². The van der Waals surface area contributed by atoms with Crippen LogP contribution in [0.3, 0.4) is 0 Å². The van der Waals surface area contributed by atoms with Gasteiger partial charge < -0.3 is 14.8 Å². The molecule has 1 aliphatic rings. The summed E-state index contributed by atoms with van der Waals surface area (Å²) >= 11 is 0. The molecule has 1 atom stereocenters. The Balaban J connectivity index is 1.85. The Labute approximate surface area is 138 Å². The molecule has 5 heteroatoms. The highest BCUT2D eigenvalue weighted by molar-refractivity contribution is 5.84. The summed E-state index contributed by atoms with van der Waals surface area (Å²) in [6, 6.07) is 7.41. The summed E-state index contributed by atoms with van der Waals surface area (Å²) in [7, 11) is 0. The van der Waals surface area contributed by atoms with Gasteiger partial charge in [-0.25, -0.2) is 4.79 Å². The van der Waals surface area contributed by atoms with Crippen molar-refractivity contribution in [3.8, 4) is 5.75 Å². The van der Waals surface area contributed by atoms with Crippen molar-refractivity contribution in [3.05, 3.63) is 24.3 Å². The number of benzene rings is 1. The molecule has 0 aliphatic carbocycles. The van der Waals surface area contributed by atoms with Gasteiger partial charge in [0.25, 0.3) is 0 Å². The van der Waals surface area contributed by atoms with E-state index >= 15 is 0 Å². The standard InChI is InChI=1S/C18H28N2O3/c1-13(14-9-11-19-12-10-14)22-16-7-5-15(6-8-16)20-17(21)23-18(2,3)4/h5-8,13-14,19H,9-12H2,1-4H3,(H,20,21). The van der Waals surface area contributed by atoms with Crippen LogP contribution in [-0.2, 0) is 4.74 Å². The molecule has 23 heavy (non-hydrogen) atoms. The molecule has 0 saturated carbocycles. The zero-order valence-electron chi connectivity index (χ0n) is 14.5. The summed E-state index contributed by atoms with van der Waals surface area (Å²) in [6.45, 7) is 9.78. The molecule has 1 amide bonds. The molecule has 1 heterocycles. The SMILES string of the molecule is CC(Oc1ccc(NC(=O)OC(C)(C)C)cc1)C1CCNCC1. The molecular formula is C18H28N2O3. The number of nitrogens with one attached hydrogen (secondary N) is 2. The second kappa shape index (κ2) is 7.68. The van der Waals surface area contributed by atoms with Gasteiger partial charge in [-0.1, -0.05) is 0 Å². The summed E-state index contributed by atoms with van der Waals surface area (Å²) in [4.78, 5) is 11.7. The highest BCUT2D eigenvalue weighted by atomic mass is 16.6. The van der Waals surface area contributed by atoms with Crippen molar-refractivity contribution in [1.82, 2.24) is 5.32 Å². The Morgan fingerprint density at radius 1 is 1.22 bits per heavy atom. The lowest BCUT2D eigenvalue weighted by Gasteiger charge is -2.28. The molecule has 2 N–H and O–H groups in total. The molecule has 5 nitrogen and oxygen atoms in total. The number of rotatable bonds is 4. The van der Waals surface area contributed by atoms with Crippen LogP contribution in [0.25, 0.3) is 0 Å². The minimum absolute atomic E-state index is 0.196. The molecule has 0 spiro atoms. The average Bonchev–Trinajstić information content (AvgIpc) is 2.48. The van der Waals surface area contributed by atoms with Crippen molar-refractivity contribution in [3.63, 3.8) is 0 Å². The predicted octanol–water partition coefficient (Wildman–Crippen LogP) is 3.80. The number of anilines is 1. The number of hydrogen-bond acceptors (Lipinski definition) is 4. The van der Waals surface area contributed by atoms with Crippen LogP contribution < -0.4 is 15.4 Å². The van der Waals surface area contributed by atoms with Crippen molar-refractivity contribution in [2.75, 3.05) is 18.4 Å². The molecule has 1 aliphatic heterocycles. The summed E-state index contributed by atoms with van der Waals surface area (Å²) in [5.74, 6) is 1.42. The van der Waals surface area contributed by atoms with Gasteiger partial charge in [-0.3, -0.25) is 5.32 Å². The fraction of sp³-hybridized carbons (Fsp3) is 0.611. The second-order valence-corrected chi connectivity index (χ2v) is 7.06. The number of hydrogen-bond donors (Lipinski definition) is 2. The van der Waals surface area contributed by atoms with Crippen LogP contribution in [0.5, 0.6) is 5.75 Å². The van der Waals surface area contributed by atoms with Gasteiger partial charge in [0.15, 0.2) is 0 Å². The van der Waals surface area contributed by atoms with Gasteiger partial charge in [0, 0.05) is 5.69 Å². The Morgan fingerprint density at radius 3 is 2.39 bits per heavy atom.